The number of pyridine rings is 1. The molecular formula is C26H30ClN5O3S. The van der Waals surface area contributed by atoms with E-state index in [1.54, 1.807) is 41.4 Å². The lowest BCUT2D eigenvalue weighted by Gasteiger charge is -2.45. The molecule has 1 amide bonds. The summed E-state index contributed by atoms with van der Waals surface area (Å²) in [7, 11) is -1.85. The molecule has 0 radical (unpaired) electrons. The number of sulfonamides is 1. The maximum atomic E-state index is 13.3. The van der Waals surface area contributed by atoms with E-state index in [9.17, 15) is 13.2 Å². The van der Waals surface area contributed by atoms with E-state index in [-0.39, 0.29) is 29.9 Å². The Labute approximate surface area is 217 Å². The second-order valence-electron chi connectivity index (χ2n) is 9.46. The second kappa shape index (κ2) is 9.97. The van der Waals surface area contributed by atoms with Crippen LogP contribution in [0.3, 0.4) is 0 Å². The Balaban J connectivity index is 1.22. The van der Waals surface area contributed by atoms with Gasteiger partial charge in [0.25, 0.3) is 5.91 Å². The SMILES string of the molecule is Cc1cc(N2CCC(N(C)N3CCN(S(=O)(=O)c4ccc5cc(Cl)ccc5c4)CC3=O)CC2)ccn1. The number of halogens is 1. The third-order valence-electron chi connectivity index (χ3n) is 7.19. The molecule has 190 valence electrons. The number of nitrogens with zero attached hydrogens (tertiary/aromatic N) is 5. The smallest absolute Gasteiger partial charge is 0.252 e. The van der Waals surface area contributed by atoms with Crippen LogP contribution in [-0.2, 0) is 14.8 Å². The molecule has 36 heavy (non-hydrogen) atoms. The maximum Gasteiger partial charge on any atom is 0.252 e. The summed E-state index contributed by atoms with van der Waals surface area (Å²) < 4.78 is 27.9. The van der Waals surface area contributed by atoms with Gasteiger partial charge in [0, 0.05) is 55.3 Å². The van der Waals surface area contributed by atoms with Crippen LogP contribution in [0.2, 0.25) is 5.02 Å². The molecule has 0 unspecified atom stereocenters. The third kappa shape index (κ3) is 4.93. The van der Waals surface area contributed by atoms with Crippen LogP contribution in [-0.4, -0.2) is 79.4 Å². The minimum absolute atomic E-state index is 0.166. The zero-order valence-corrected chi connectivity index (χ0v) is 22.0. The maximum absolute atomic E-state index is 13.3. The van der Waals surface area contributed by atoms with Crippen LogP contribution in [0.1, 0.15) is 18.5 Å². The van der Waals surface area contributed by atoms with Crippen molar-refractivity contribution < 1.29 is 13.2 Å². The molecule has 2 aliphatic rings. The average Bonchev–Trinajstić information content (AvgIpc) is 2.88. The molecule has 2 aliphatic heterocycles. The molecule has 3 aromatic rings. The molecule has 0 N–H and O–H groups in total. The van der Waals surface area contributed by atoms with E-state index in [2.05, 4.69) is 16.0 Å². The molecule has 3 heterocycles. The Bertz CT molecular complexity index is 1390. The van der Waals surface area contributed by atoms with Crippen LogP contribution >= 0.6 is 11.6 Å². The summed E-state index contributed by atoms with van der Waals surface area (Å²) in [6.07, 6.45) is 3.68. The van der Waals surface area contributed by atoms with Gasteiger partial charge in [0.2, 0.25) is 10.0 Å². The number of piperidine rings is 1. The van der Waals surface area contributed by atoms with Gasteiger partial charge < -0.3 is 4.90 Å². The molecule has 2 fully saturated rings. The number of hydrogen-bond acceptors (Lipinski definition) is 6. The van der Waals surface area contributed by atoms with Crippen molar-refractivity contribution in [2.24, 2.45) is 0 Å². The van der Waals surface area contributed by atoms with E-state index in [0.717, 1.165) is 42.4 Å². The van der Waals surface area contributed by atoms with Crippen LogP contribution in [0.25, 0.3) is 10.8 Å². The van der Waals surface area contributed by atoms with Gasteiger partial charge in [0.1, 0.15) is 0 Å². The number of rotatable bonds is 5. The number of piperazine rings is 1. The van der Waals surface area contributed by atoms with E-state index in [1.165, 1.54) is 9.99 Å². The number of aromatic nitrogens is 1. The molecule has 0 atom stereocenters. The number of hydrogen-bond donors (Lipinski definition) is 0. The summed E-state index contributed by atoms with van der Waals surface area (Å²) >= 11 is 6.05. The summed E-state index contributed by atoms with van der Waals surface area (Å²) in [6, 6.07) is 14.7. The molecule has 2 saturated heterocycles. The number of aryl methyl sites for hydroxylation is 1. The highest BCUT2D eigenvalue weighted by Crippen LogP contribution is 2.27. The number of amides is 1. The monoisotopic (exact) mass is 527 g/mol. The van der Waals surface area contributed by atoms with Gasteiger partial charge in [-0.2, -0.15) is 4.31 Å². The number of carbonyl (C=O) groups excluding carboxylic acids is 1. The fourth-order valence-corrected chi connectivity index (χ4v) is 6.70. The van der Waals surface area contributed by atoms with Gasteiger partial charge in [0.05, 0.1) is 18.0 Å². The molecule has 0 aliphatic carbocycles. The Kier molecular flexibility index (Phi) is 6.91. The molecular weight excluding hydrogens is 498 g/mol. The largest absolute Gasteiger partial charge is 0.371 e. The fraction of sp³-hybridized carbons (Fsp3) is 0.385. The molecule has 10 heteroatoms. The quantitative estimate of drug-likeness (QED) is 0.505. The van der Waals surface area contributed by atoms with Gasteiger partial charge in [-0.3, -0.25) is 14.8 Å². The number of anilines is 1. The van der Waals surface area contributed by atoms with Gasteiger partial charge >= 0.3 is 0 Å². The molecule has 5 rings (SSSR count). The Morgan fingerprint density at radius 3 is 2.42 bits per heavy atom. The van der Waals surface area contributed by atoms with E-state index >= 15 is 0 Å². The highest BCUT2D eigenvalue weighted by molar-refractivity contribution is 7.89. The molecule has 0 bridgehead atoms. The van der Waals surface area contributed by atoms with E-state index in [0.29, 0.717) is 11.6 Å². The summed E-state index contributed by atoms with van der Waals surface area (Å²) in [5.41, 5.74) is 2.17. The number of fused-ring (bicyclic) bond motifs is 1. The van der Waals surface area contributed by atoms with Crippen LogP contribution in [0.4, 0.5) is 5.69 Å². The van der Waals surface area contributed by atoms with Crippen molar-refractivity contribution >= 4 is 44.0 Å². The minimum atomic E-state index is -3.79. The normalized spacial score (nSPS) is 18.4. The van der Waals surface area contributed by atoms with Gasteiger partial charge in [-0.05, 0) is 66.9 Å². The predicted octanol–water partition coefficient (Wildman–Crippen LogP) is 3.55. The lowest BCUT2D eigenvalue weighted by Crippen LogP contribution is -2.60. The summed E-state index contributed by atoms with van der Waals surface area (Å²) in [4.78, 5) is 19.9. The second-order valence-corrected chi connectivity index (χ2v) is 11.8. The minimum Gasteiger partial charge on any atom is -0.371 e. The van der Waals surface area contributed by atoms with Crippen LogP contribution < -0.4 is 4.90 Å². The summed E-state index contributed by atoms with van der Waals surface area (Å²) in [5, 5.41) is 5.99. The number of carbonyl (C=O) groups is 1. The van der Waals surface area contributed by atoms with Crippen molar-refractivity contribution in [1.82, 2.24) is 19.3 Å². The van der Waals surface area contributed by atoms with E-state index in [4.69, 9.17) is 11.6 Å². The fourth-order valence-electron chi connectivity index (χ4n) is 5.11. The first kappa shape index (κ1) is 25.0. The highest BCUT2D eigenvalue weighted by Gasteiger charge is 2.36. The van der Waals surface area contributed by atoms with Gasteiger partial charge in [-0.25, -0.2) is 13.4 Å². The van der Waals surface area contributed by atoms with Gasteiger partial charge in [0.15, 0.2) is 0 Å². The number of benzene rings is 2. The van der Waals surface area contributed by atoms with Crippen molar-refractivity contribution in [2.75, 3.05) is 44.7 Å². The summed E-state index contributed by atoms with van der Waals surface area (Å²) in [6.45, 7) is 4.21. The van der Waals surface area contributed by atoms with Crippen LogP contribution in [0.15, 0.2) is 59.6 Å². The molecule has 0 saturated carbocycles. The Morgan fingerprint density at radius 2 is 1.69 bits per heavy atom. The van der Waals surface area contributed by atoms with E-state index in [1.807, 2.05) is 31.2 Å². The zero-order valence-electron chi connectivity index (χ0n) is 20.5. The first-order valence-electron chi connectivity index (χ1n) is 12.1. The highest BCUT2D eigenvalue weighted by atomic mass is 35.5. The topological polar surface area (TPSA) is 77.1 Å². The van der Waals surface area contributed by atoms with Crippen molar-refractivity contribution in [3.63, 3.8) is 0 Å². The van der Waals surface area contributed by atoms with Crippen molar-refractivity contribution in [3.8, 4) is 0 Å². The lowest BCUT2D eigenvalue weighted by molar-refractivity contribution is -0.156. The van der Waals surface area contributed by atoms with Crippen LogP contribution in [0, 0.1) is 6.92 Å². The zero-order chi connectivity index (χ0) is 25.4. The summed E-state index contributed by atoms with van der Waals surface area (Å²) in [5.74, 6) is -0.202. The van der Waals surface area contributed by atoms with E-state index < -0.39 is 10.0 Å². The van der Waals surface area contributed by atoms with Gasteiger partial charge in [-0.15, -0.1) is 0 Å². The van der Waals surface area contributed by atoms with Crippen molar-refractivity contribution in [3.05, 3.63) is 65.4 Å². The molecule has 1 aromatic heterocycles. The van der Waals surface area contributed by atoms with Crippen molar-refractivity contribution in [2.45, 2.75) is 30.7 Å². The first-order valence-corrected chi connectivity index (χ1v) is 13.9. The average molecular weight is 528 g/mol. The van der Waals surface area contributed by atoms with Gasteiger partial charge in [-0.1, -0.05) is 23.7 Å². The predicted molar refractivity (Wildman–Crippen MR) is 141 cm³/mol. The number of hydrazine groups is 1. The first-order chi connectivity index (χ1) is 17.2. The third-order valence-corrected chi connectivity index (χ3v) is 9.27. The Hall–Kier alpha value is -2.72. The standard InChI is InChI=1S/C26H30ClN5O3S/c1-19-15-24(7-10-28-19)30-11-8-23(9-12-30)29(2)32-14-13-31(18-26(32)33)36(34,35)25-6-4-20-16-22(27)5-3-21(20)17-25/h3-7,10,15-17,23H,8-9,11-14,18H2,1-2H3. The molecule has 2 aromatic carbocycles. The van der Waals surface area contributed by atoms with Crippen molar-refractivity contribution in [1.29, 1.82) is 0 Å². The lowest BCUT2D eigenvalue weighted by atomic mass is 10.0. The molecule has 0 spiro atoms. The molecule has 8 nitrogen and oxygen atoms in total. The Morgan fingerprint density at radius 1 is 0.972 bits per heavy atom. The van der Waals surface area contributed by atoms with Crippen LogP contribution in [0.5, 0.6) is 0 Å².